The van der Waals surface area contributed by atoms with Crippen LogP contribution in [0.2, 0.25) is 0 Å². The second-order valence-corrected chi connectivity index (χ2v) is 8.25. The number of imidazole rings is 1. The Morgan fingerprint density at radius 3 is 2.67 bits per heavy atom. The molecule has 3 rings (SSSR count). The molecule has 0 aliphatic carbocycles. The number of hydrogen-bond donors (Lipinski definition) is 1. The van der Waals surface area contributed by atoms with Gasteiger partial charge < -0.3 is 9.72 Å². The number of sulfonamides is 1. The number of rotatable bonds is 5. The minimum Gasteiger partial charge on any atom is -0.491 e. The molecule has 6 nitrogen and oxygen atoms in total. The number of hydrogen-bond acceptors (Lipinski definition) is 4. The quantitative estimate of drug-likeness (QED) is 0.900. The topological polar surface area (TPSA) is 75.3 Å². The number of ether oxygens (including phenoxy) is 1. The Morgan fingerprint density at radius 2 is 2.04 bits per heavy atom. The summed E-state index contributed by atoms with van der Waals surface area (Å²) in [6, 6.07) is 6.65. The van der Waals surface area contributed by atoms with Gasteiger partial charge >= 0.3 is 0 Å². The molecule has 0 spiro atoms. The molecule has 1 saturated heterocycles. The first-order valence-corrected chi connectivity index (χ1v) is 9.67. The number of nitrogens with one attached hydrogen (secondary N) is 1. The maximum absolute atomic E-state index is 12.9. The highest BCUT2D eigenvalue weighted by Gasteiger charge is 2.31. The van der Waals surface area contributed by atoms with E-state index in [0.29, 0.717) is 23.7 Å². The van der Waals surface area contributed by atoms with Gasteiger partial charge in [-0.25, -0.2) is 13.4 Å². The first-order valence-electron chi connectivity index (χ1n) is 8.23. The van der Waals surface area contributed by atoms with Crippen molar-refractivity contribution in [2.75, 3.05) is 13.1 Å². The van der Waals surface area contributed by atoms with Gasteiger partial charge in [-0.2, -0.15) is 4.31 Å². The van der Waals surface area contributed by atoms with Gasteiger partial charge in [0.05, 0.1) is 11.0 Å². The molecule has 1 aliphatic heterocycles. The summed E-state index contributed by atoms with van der Waals surface area (Å²) in [5, 5.41) is 0. The van der Waals surface area contributed by atoms with E-state index >= 15 is 0 Å². The number of piperidine rings is 1. The Morgan fingerprint density at radius 1 is 1.29 bits per heavy atom. The Labute approximate surface area is 142 Å². The second kappa shape index (κ2) is 6.94. The smallest absolute Gasteiger partial charge is 0.243 e. The van der Waals surface area contributed by atoms with Crippen LogP contribution in [0, 0.1) is 0 Å². The van der Waals surface area contributed by atoms with Gasteiger partial charge in [-0.15, -0.1) is 0 Å². The minimum absolute atomic E-state index is 0.0589. The third kappa shape index (κ3) is 3.62. The van der Waals surface area contributed by atoms with Gasteiger partial charge in [0, 0.05) is 31.4 Å². The summed E-state index contributed by atoms with van der Waals surface area (Å²) in [7, 11) is -3.50. The number of aromatic nitrogens is 2. The Bertz CT molecular complexity index is 755. The fraction of sp³-hybridized carbons (Fsp3) is 0.471. The molecule has 1 aliphatic rings. The zero-order chi connectivity index (χ0) is 17.2. The summed E-state index contributed by atoms with van der Waals surface area (Å²) in [5.74, 6) is 1.65. The van der Waals surface area contributed by atoms with E-state index in [9.17, 15) is 8.42 Å². The third-order valence-electron chi connectivity index (χ3n) is 4.12. The van der Waals surface area contributed by atoms with Gasteiger partial charge in [0.15, 0.2) is 0 Å². The Kier molecular flexibility index (Phi) is 4.91. The molecular formula is C17H23N3O3S. The van der Waals surface area contributed by atoms with E-state index in [1.165, 1.54) is 0 Å². The van der Waals surface area contributed by atoms with Crippen molar-refractivity contribution in [2.45, 2.75) is 43.6 Å². The van der Waals surface area contributed by atoms with E-state index in [2.05, 4.69) is 9.97 Å². The lowest BCUT2D eigenvalue weighted by Gasteiger charge is -2.31. The minimum atomic E-state index is -3.50. The molecule has 0 unspecified atom stereocenters. The molecular weight excluding hydrogens is 326 g/mol. The van der Waals surface area contributed by atoms with Crippen LogP contribution in [0.5, 0.6) is 5.75 Å². The van der Waals surface area contributed by atoms with E-state index in [1.54, 1.807) is 41.0 Å². The molecule has 2 heterocycles. The van der Waals surface area contributed by atoms with Crippen LogP contribution in [0.3, 0.4) is 0 Å². The van der Waals surface area contributed by atoms with Gasteiger partial charge in [-0.1, -0.05) is 0 Å². The largest absolute Gasteiger partial charge is 0.491 e. The molecule has 2 aromatic rings. The van der Waals surface area contributed by atoms with Crippen LogP contribution in [0.25, 0.3) is 0 Å². The highest BCUT2D eigenvalue weighted by atomic mass is 32.2. The summed E-state index contributed by atoms with van der Waals surface area (Å²) in [4.78, 5) is 7.67. The van der Waals surface area contributed by atoms with Gasteiger partial charge in [0.25, 0.3) is 0 Å². The van der Waals surface area contributed by atoms with E-state index in [1.807, 2.05) is 13.8 Å². The SMILES string of the molecule is CC(C)Oc1ccc(S(=O)(=O)N2CCC[C@@H](c3ncc[nH]3)C2)cc1. The molecule has 1 N–H and O–H groups in total. The fourth-order valence-electron chi connectivity index (χ4n) is 3.00. The van der Waals surface area contributed by atoms with Crippen LogP contribution in [0.4, 0.5) is 0 Å². The molecule has 0 radical (unpaired) electrons. The van der Waals surface area contributed by atoms with Crippen molar-refractivity contribution in [3.8, 4) is 5.75 Å². The van der Waals surface area contributed by atoms with E-state index < -0.39 is 10.0 Å². The van der Waals surface area contributed by atoms with Gasteiger partial charge in [-0.05, 0) is 51.0 Å². The van der Waals surface area contributed by atoms with Crippen molar-refractivity contribution in [2.24, 2.45) is 0 Å². The lowest BCUT2D eigenvalue weighted by molar-refractivity contribution is 0.242. The molecule has 0 amide bonds. The molecule has 0 bridgehead atoms. The summed E-state index contributed by atoms with van der Waals surface area (Å²) < 4.78 is 32.9. The fourth-order valence-corrected chi connectivity index (χ4v) is 4.52. The maximum Gasteiger partial charge on any atom is 0.243 e. The van der Waals surface area contributed by atoms with Crippen LogP contribution < -0.4 is 4.74 Å². The van der Waals surface area contributed by atoms with Gasteiger partial charge in [0.1, 0.15) is 11.6 Å². The lowest BCUT2D eigenvalue weighted by atomic mass is 9.99. The first-order chi connectivity index (χ1) is 11.5. The van der Waals surface area contributed by atoms with Gasteiger partial charge in [0.2, 0.25) is 10.0 Å². The highest BCUT2D eigenvalue weighted by molar-refractivity contribution is 7.89. The van der Waals surface area contributed by atoms with Crippen molar-refractivity contribution in [1.82, 2.24) is 14.3 Å². The predicted molar refractivity (Wildman–Crippen MR) is 91.5 cm³/mol. The summed E-state index contributed by atoms with van der Waals surface area (Å²) >= 11 is 0. The molecule has 1 aromatic carbocycles. The zero-order valence-corrected chi connectivity index (χ0v) is 14.8. The molecule has 1 fully saturated rings. The maximum atomic E-state index is 12.9. The van der Waals surface area contributed by atoms with Crippen molar-refractivity contribution in [3.05, 3.63) is 42.5 Å². The van der Waals surface area contributed by atoms with Crippen molar-refractivity contribution < 1.29 is 13.2 Å². The average molecular weight is 349 g/mol. The lowest BCUT2D eigenvalue weighted by Crippen LogP contribution is -2.39. The van der Waals surface area contributed by atoms with Crippen LogP contribution in [-0.4, -0.2) is 41.9 Å². The van der Waals surface area contributed by atoms with Gasteiger partial charge in [-0.3, -0.25) is 0 Å². The van der Waals surface area contributed by atoms with E-state index in [0.717, 1.165) is 18.7 Å². The molecule has 7 heteroatoms. The standard InChI is InChI=1S/C17H23N3O3S/c1-13(2)23-15-5-7-16(8-6-15)24(21,22)20-11-3-4-14(12-20)17-18-9-10-19-17/h5-10,13-14H,3-4,11-12H2,1-2H3,(H,18,19)/t14-/m1/s1. The summed E-state index contributed by atoms with van der Waals surface area (Å²) in [6.07, 6.45) is 5.32. The zero-order valence-electron chi connectivity index (χ0n) is 14.0. The van der Waals surface area contributed by atoms with Crippen LogP contribution in [0.1, 0.15) is 38.4 Å². The van der Waals surface area contributed by atoms with Crippen LogP contribution >= 0.6 is 0 Å². The normalized spacial score (nSPS) is 19.5. The number of H-pyrrole nitrogens is 1. The Hall–Kier alpha value is -1.86. The molecule has 130 valence electrons. The number of nitrogens with zero attached hydrogens (tertiary/aromatic N) is 2. The van der Waals surface area contributed by atoms with E-state index in [-0.39, 0.29) is 12.0 Å². The third-order valence-corrected chi connectivity index (χ3v) is 6.00. The first kappa shape index (κ1) is 17.0. The van der Waals surface area contributed by atoms with Crippen LogP contribution in [0.15, 0.2) is 41.6 Å². The Balaban J connectivity index is 1.77. The predicted octanol–water partition coefficient (Wildman–Crippen LogP) is 2.77. The van der Waals surface area contributed by atoms with Crippen molar-refractivity contribution >= 4 is 10.0 Å². The van der Waals surface area contributed by atoms with Crippen LogP contribution in [-0.2, 0) is 10.0 Å². The van der Waals surface area contributed by atoms with Crippen molar-refractivity contribution in [1.29, 1.82) is 0 Å². The highest BCUT2D eigenvalue weighted by Crippen LogP contribution is 2.29. The molecule has 24 heavy (non-hydrogen) atoms. The molecule has 0 saturated carbocycles. The van der Waals surface area contributed by atoms with Crippen molar-refractivity contribution in [3.63, 3.8) is 0 Å². The number of aromatic amines is 1. The molecule has 1 atom stereocenters. The summed E-state index contributed by atoms with van der Waals surface area (Å²) in [5.41, 5.74) is 0. The monoisotopic (exact) mass is 349 g/mol. The summed E-state index contributed by atoms with van der Waals surface area (Å²) in [6.45, 7) is 4.88. The van der Waals surface area contributed by atoms with E-state index in [4.69, 9.17) is 4.74 Å². The second-order valence-electron chi connectivity index (χ2n) is 6.31. The average Bonchev–Trinajstić information content (AvgIpc) is 3.09. The molecule has 1 aromatic heterocycles. The number of benzene rings is 1.